The van der Waals surface area contributed by atoms with Gasteiger partial charge in [-0.1, -0.05) is 82.3 Å². The second kappa shape index (κ2) is 23.8. The largest absolute Gasteiger partial charge is 0.480 e. The summed E-state index contributed by atoms with van der Waals surface area (Å²) in [6.45, 7) is 10.1. The average Bonchev–Trinajstić information content (AvgIpc) is 3.61. The second-order valence-electron chi connectivity index (χ2n) is 15.5. The minimum atomic E-state index is -1.35. The predicted molar refractivity (Wildman–Crippen MR) is 231 cm³/mol. The lowest BCUT2D eigenvalue weighted by molar-refractivity contribution is -0.141. The predicted octanol–water partition coefficient (Wildman–Crippen LogP) is 1.26. The number of hydrogen-bond acceptors (Lipinski definition) is 8. The number of aliphatic carboxylic acids is 1. The summed E-state index contributed by atoms with van der Waals surface area (Å²) in [6, 6.07) is 10.2. The van der Waals surface area contributed by atoms with Crippen LogP contribution in [0.5, 0.6) is 0 Å². The summed E-state index contributed by atoms with van der Waals surface area (Å²) in [7, 11) is 0. The molecule has 0 radical (unpaired) electrons. The number of carboxylic acids is 1. The first kappa shape index (κ1) is 48.6. The standard InChI is InChI=1S/C43H60N10O8/c1-7-30(37(55)52-35(42(60)61)22-28-23-47-31-17-12-11-16-29(28)31)49-40(58)34(21-27-14-9-8-10-15-27)51-41(59)36(25(4)5)53-38(56)32(18-13-19-46-43(44)45)50-39(57)33(20-24(2)3)48-26(6)54/h7-12,14-17,23-25,32-36,47H,13,18-22H2,1-6H3,(H,48,54)(H,49,58)(H,50,57)(H,51,59)(H,52,55)(H,53,56)(H,60,61)(H4,44,45,46). The molecule has 5 unspecified atom stereocenters. The molecule has 12 N–H and O–H groups in total. The van der Waals surface area contributed by atoms with Crippen LogP contribution in [0, 0.1) is 11.8 Å². The lowest BCUT2D eigenvalue weighted by Crippen LogP contribution is -2.59. The van der Waals surface area contributed by atoms with Crippen LogP contribution in [0.1, 0.15) is 71.9 Å². The molecule has 0 aliphatic heterocycles. The number of H-pyrrole nitrogens is 1. The van der Waals surface area contributed by atoms with Gasteiger partial charge in [-0.25, -0.2) is 4.79 Å². The van der Waals surface area contributed by atoms with Crippen LogP contribution >= 0.6 is 0 Å². The fourth-order valence-electron chi connectivity index (χ4n) is 6.54. The van der Waals surface area contributed by atoms with Crippen molar-refractivity contribution in [3.05, 3.63) is 83.7 Å². The van der Waals surface area contributed by atoms with Gasteiger partial charge in [-0.3, -0.25) is 33.8 Å². The van der Waals surface area contributed by atoms with E-state index < -0.39 is 77.5 Å². The third-order valence-corrected chi connectivity index (χ3v) is 9.64. The van der Waals surface area contributed by atoms with E-state index in [-0.39, 0.29) is 49.8 Å². The molecule has 6 amide bonds. The number of aromatic nitrogens is 1. The quantitative estimate of drug-likeness (QED) is 0.0282. The van der Waals surface area contributed by atoms with E-state index in [2.05, 4.69) is 41.9 Å². The number of hydrogen-bond donors (Lipinski definition) is 10. The topological polar surface area (TPSA) is 292 Å². The van der Waals surface area contributed by atoms with Crippen LogP contribution in [0.4, 0.5) is 0 Å². The molecule has 0 aliphatic rings. The number of amides is 6. The van der Waals surface area contributed by atoms with E-state index in [0.29, 0.717) is 17.5 Å². The number of carbonyl (C=O) groups is 7. The van der Waals surface area contributed by atoms with Crippen molar-refractivity contribution in [2.24, 2.45) is 28.3 Å². The lowest BCUT2D eigenvalue weighted by atomic mass is 9.99. The Morgan fingerprint density at radius 2 is 1.39 bits per heavy atom. The number of guanidine groups is 1. The summed E-state index contributed by atoms with van der Waals surface area (Å²) in [5.41, 5.74) is 12.8. The van der Waals surface area contributed by atoms with Crippen LogP contribution in [0.3, 0.4) is 0 Å². The highest BCUT2D eigenvalue weighted by atomic mass is 16.4. The number of aromatic amines is 1. The first-order valence-corrected chi connectivity index (χ1v) is 20.2. The molecule has 2 aromatic carbocycles. The summed E-state index contributed by atoms with van der Waals surface area (Å²) in [4.78, 5) is 100. The van der Waals surface area contributed by atoms with Crippen molar-refractivity contribution in [2.45, 2.75) is 104 Å². The van der Waals surface area contributed by atoms with Crippen LogP contribution in [0.2, 0.25) is 0 Å². The van der Waals surface area contributed by atoms with Crippen LogP contribution in [0.25, 0.3) is 10.9 Å². The molecule has 0 fully saturated rings. The number of carboxylic acid groups (broad SMARTS) is 1. The van der Waals surface area contributed by atoms with Gasteiger partial charge in [-0.2, -0.15) is 0 Å². The van der Waals surface area contributed by atoms with E-state index in [1.807, 2.05) is 38.1 Å². The molecule has 0 spiro atoms. The van der Waals surface area contributed by atoms with Gasteiger partial charge >= 0.3 is 5.97 Å². The molecule has 0 saturated carbocycles. The third kappa shape index (κ3) is 15.8. The summed E-state index contributed by atoms with van der Waals surface area (Å²) >= 11 is 0. The Balaban J connectivity index is 1.82. The van der Waals surface area contributed by atoms with E-state index in [1.165, 1.54) is 19.9 Å². The number of para-hydroxylation sites is 1. The Morgan fingerprint density at radius 3 is 2.00 bits per heavy atom. The Kier molecular flexibility index (Phi) is 19.0. The Hall–Kier alpha value is -6.72. The van der Waals surface area contributed by atoms with E-state index in [4.69, 9.17) is 11.5 Å². The fourth-order valence-corrected chi connectivity index (χ4v) is 6.54. The van der Waals surface area contributed by atoms with Crippen LogP contribution < -0.4 is 43.4 Å². The minimum absolute atomic E-state index is 0.0159. The molecular formula is C43H60N10O8. The number of nitrogens with two attached hydrogens (primary N) is 2. The summed E-state index contributed by atoms with van der Waals surface area (Å²) < 4.78 is 0. The molecule has 0 bridgehead atoms. The number of rotatable bonds is 23. The van der Waals surface area contributed by atoms with Gasteiger partial charge in [0.2, 0.25) is 29.5 Å². The summed E-state index contributed by atoms with van der Waals surface area (Å²) in [5, 5.41) is 26.7. The molecule has 0 aliphatic carbocycles. The Morgan fingerprint density at radius 1 is 0.754 bits per heavy atom. The van der Waals surface area contributed by atoms with Gasteiger partial charge in [0.05, 0.1) is 0 Å². The molecular weight excluding hydrogens is 785 g/mol. The number of benzene rings is 2. The van der Waals surface area contributed by atoms with E-state index in [1.54, 1.807) is 50.4 Å². The van der Waals surface area contributed by atoms with Gasteiger partial charge in [0, 0.05) is 43.4 Å². The van der Waals surface area contributed by atoms with Gasteiger partial charge in [-0.15, -0.1) is 0 Å². The summed E-state index contributed by atoms with van der Waals surface area (Å²) in [5.74, 6) is -5.99. The molecule has 18 heteroatoms. The van der Waals surface area contributed by atoms with Crippen molar-refractivity contribution in [2.75, 3.05) is 6.54 Å². The van der Waals surface area contributed by atoms with E-state index in [0.717, 1.165) is 10.9 Å². The highest BCUT2D eigenvalue weighted by Gasteiger charge is 2.33. The number of allylic oxidation sites excluding steroid dienone is 1. The van der Waals surface area contributed by atoms with Crippen LogP contribution in [-0.4, -0.2) is 94.2 Å². The molecule has 330 valence electrons. The van der Waals surface area contributed by atoms with Gasteiger partial charge in [0.15, 0.2) is 5.96 Å². The molecule has 3 rings (SSSR count). The maximum Gasteiger partial charge on any atom is 0.326 e. The molecule has 5 atom stereocenters. The molecule has 1 heterocycles. The Labute approximate surface area is 355 Å². The van der Waals surface area contributed by atoms with Gasteiger partial charge in [0.25, 0.3) is 5.91 Å². The fraction of sp³-hybridized carbons (Fsp3) is 0.442. The van der Waals surface area contributed by atoms with Crippen molar-refractivity contribution in [3.63, 3.8) is 0 Å². The highest BCUT2D eigenvalue weighted by molar-refractivity contribution is 6.01. The molecule has 61 heavy (non-hydrogen) atoms. The lowest BCUT2D eigenvalue weighted by Gasteiger charge is -2.28. The zero-order chi connectivity index (χ0) is 45.2. The SMILES string of the molecule is CC=C(NC(=O)C(Cc1ccccc1)NC(=O)C(NC(=O)C(CCCN=C(N)N)NC(=O)C(CC(C)C)NC(C)=O)C(C)C)C(=O)NC(Cc1c[nH]c2ccccc12)C(=O)O. The molecule has 3 aromatic rings. The number of fused-ring (bicyclic) bond motifs is 1. The van der Waals surface area contributed by atoms with Crippen molar-refractivity contribution in [1.82, 2.24) is 36.9 Å². The minimum Gasteiger partial charge on any atom is -0.480 e. The second-order valence-corrected chi connectivity index (χ2v) is 15.5. The van der Waals surface area contributed by atoms with Crippen LogP contribution in [-0.2, 0) is 46.4 Å². The number of carbonyl (C=O) groups excluding carboxylic acids is 6. The highest BCUT2D eigenvalue weighted by Crippen LogP contribution is 2.19. The van der Waals surface area contributed by atoms with Gasteiger partial charge in [-0.05, 0) is 55.2 Å². The van der Waals surface area contributed by atoms with Gasteiger partial charge < -0.3 is 53.5 Å². The summed E-state index contributed by atoms with van der Waals surface area (Å²) in [6.07, 6.45) is 3.59. The van der Waals surface area contributed by atoms with Crippen LogP contribution in [0.15, 0.2) is 77.6 Å². The third-order valence-electron chi connectivity index (χ3n) is 9.64. The van der Waals surface area contributed by atoms with Crippen molar-refractivity contribution < 1.29 is 38.7 Å². The molecule has 0 saturated heterocycles. The zero-order valence-corrected chi connectivity index (χ0v) is 35.5. The zero-order valence-electron chi connectivity index (χ0n) is 35.5. The Bertz CT molecular complexity index is 2060. The van der Waals surface area contributed by atoms with E-state index in [9.17, 15) is 38.7 Å². The molecule has 18 nitrogen and oxygen atoms in total. The van der Waals surface area contributed by atoms with Crippen molar-refractivity contribution >= 4 is 58.3 Å². The number of aliphatic imine (C=N–C) groups is 1. The smallest absolute Gasteiger partial charge is 0.326 e. The number of nitrogens with one attached hydrogen (secondary N) is 7. The molecule has 1 aromatic heterocycles. The maximum atomic E-state index is 14.1. The van der Waals surface area contributed by atoms with Crippen molar-refractivity contribution in [3.8, 4) is 0 Å². The first-order chi connectivity index (χ1) is 28.9. The van der Waals surface area contributed by atoms with Crippen molar-refractivity contribution in [1.29, 1.82) is 0 Å². The van der Waals surface area contributed by atoms with Gasteiger partial charge in [0.1, 0.15) is 35.9 Å². The maximum absolute atomic E-state index is 14.1. The normalized spacial score (nSPS) is 13.9. The first-order valence-electron chi connectivity index (χ1n) is 20.2. The average molecular weight is 845 g/mol. The van der Waals surface area contributed by atoms with E-state index >= 15 is 0 Å². The monoisotopic (exact) mass is 844 g/mol. The number of nitrogens with zero attached hydrogens (tertiary/aromatic N) is 1.